The second-order valence-corrected chi connectivity index (χ2v) is 3.37. The molecule has 15 heavy (non-hydrogen) atoms. The lowest BCUT2D eigenvalue weighted by atomic mass is 10.4. The number of hydrogen-bond acceptors (Lipinski definition) is 7. The van der Waals surface area contributed by atoms with E-state index in [9.17, 15) is 4.79 Å². The van der Waals surface area contributed by atoms with E-state index < -0.39 is 5.97 Å². The largest absolute Gasteiger partial charge is 0.461 e. The third-order valence-corrected chi connectivity index (χ3v) is 2.27. The van der Waals surface area contributed by atoms with Gasteiger partial charge in [0, 0.05) is 6.07 Å². The van der Waals surface area contributed by atoms with Gasteiger partial charge in [-0.25, -0.2) is 4.79 Å². The molecule has 0 spiro atoms. The van der Waals surface area contributed by atoms with Crippen LogP contribution in [-0.4, -0.2) is 27.9 Å². The van der Waals surface area contributed by atoms with Crippen molar-refractivity contribution in [2.45, 2.75) is 6.92 Å². The maximum absolute atomic E-state index is 11.3. The summed E-state index contributed by atoms with van der Waals surface area (Å²) in [5.41, 5.74) is 1.71. The summed E-state index contributed by atoms with van der Waals surface area (Å²) in [6.07, 6.45) is 0. The smallest absolute Gasteiger partial charge is 0.360 e. The van der Waals surface area contributed by atoms with Crippen LogP contribution in [0.5, 0.6) is 0 Å². The molecule has 0 aliphatic rings. The van der Waals surface area contributed by atoms with Crippen molar-refractivity contribution in [3.05, 3.63) is 17.3 Å². The first-order valence-electron chi connectivity index (χ1n) is 4.21. The van der Waals surface area contributed by atoms with Gasteiger partial charge in [0.15, 0.2) is 16.5 Å². The van der Waals surface area contributed by atoms with Gasteiger partial charge in [-0.1, -0.05) is 16.5 Å². The number of esters is 1. The van der Waals surface area contributed by atoms with Crippen molar-refractivity contribution < 1.29 is 14.1 Å². The van der Waals surface area contributed by atoms with Crippen molar-refractivity contribution >= 4 is 17.3 Å². The summed E-state index contributed by atoms with van der Waals surface area (Å²) in [5.74, 6) is -0.0856. The number of rotatable bonds is 3. The van der Waals surface area contributed by atoms with Crippen LogP contribution >= 0.6 is 11.3 Å². The molecule has 0 radical (unpaired) electrons. The third kappa shape index (κ3) is 2.01. The molecule has 0 atom stereocenters. The highest BCUT2D eigenvalue weighted by molar-refractivity contribution is 7.12. The lowest BCUT2D eigenvalue weighted by Gasteiger charge is -1.94. The van der Waals surface area contributed by atoms with Gasteiger partial charge in [0.05, 0.1) is 6.61 Å². The molecular formula is C8H7N3O3S. The molecule has 0 fully saturated rings. The molecule has 2 heterocycles. The zero-order chi connectivity index (χ0) is 10.7. The zero-order valence-electron chi connectivity index (χ0n) is 7.84. The Morgan fingerprint density at radius 1 is 1.67 bits per heavy atom. The molecule has 6 nitrogen and oxygen atoms in total. The Bertz CT molecular complexity index is 451. The van der Waals surface area contributed by atoms with Gasteiger partial charge >= 0.3 is 5.97 Å². The van der Waals surface area contributed by atoms with E-state index in [1.54, 1.807) is 12.4 Å². The van der Waals surface area contributed by atoms with E-state index in [2.05, 4.69) is 15.4 Å². The highest BCUT2D eigenvalue weighted by Crippen LogP contribution is 2.21. The number of aromatic nitrogens is 3. The minimum absolute atomic E-state index is 0.141. The summed E-state index contributed by atoms with van der Waals surface area (Å²) in [7, 11) is 0. The molecule has 7 heteroatoms. The first-order chi connectivity index (χ1) is 7.31. The Kier molecular flexibility index (Phi) is 2.72. The van der Waals surface area contributed by atoms with Gasteiger partial charge in [0.25, 0.3) is 0 Å². The maximum Gasteiger partial charge on any atom is 0.360 e. The third-order valence-electron chi connectivity index (χ3n) is 1.57. The highest BCUT2D eigenvalue weighted by Gasteiger charge is 2.15. The van der Waals surface area contributed by atoms with Gasteiger partial charge in [-0.3, -0.25) is 0 Å². The minimum Gasteiger partial charge on any atom is -0.461 e. The highest BCUT2D eigenvalue weighted by atomic mass is 32.1. The minimum atomic E-state index is -0.503. The zero-order valence-corrected chi connectivity index (χ0v) is 8.65. The molecule has 0 N–H and O–H groups in total. The van der Waals surface area contributed by atoms with Crippen LogP contribution in [0.3, 0.4) is 0 Å². The molecule has 2 aromatic heterocycles. The summed E-state index contributed by atoms with van der Waals surface area (Å²) < 4.78 is 9.70. The molecule has 2 rings (SSSR count). The van der Waals surface area contributed by atoms with Gasteiger partial charge in [0.1, 0.15) is 5.51 Å². The van der Waals surface area contributed by atoms with Gasteiger partial charge in [-0.15, -0.1) is 10.2 Å². The Morgan fingerprint density at radius 2 is 2.53 bits per heavy atom. The van der Waals surface area contributed by atoms with Crippen molar-refractivity contribution in [1.29, 1.82) is 0 Å². The summed E-state index contributed by atoms with van der Waals surface area (Å²) >= 11 is 1.31. The lowest BCUT2D eigenvalue weighted by molar-refractivity contribution is 0.0514. The van der Waals surface area contributed by atoms with Crippen LogP contribution in [-0.2, 0) is 4.74 Å². The van der Waals surface area contributed by atoms with E-state index >= 15 is 0 Å². The normalized spacial score (nSPS) is 10.2. The van der Waals surface area contributed by atoms with Crippen LogP contribution < -0.4 is 0 Å². The fraction of sp³-hybridized carbons (Fsp3) is 0.250. The van der Waals surface area contributed by atoms with Crippen molar-refractivity contribution in [3.8, 4) is 10.8 Å². The lowest BCUT2D eigenvalue weighted by Crippen LogP contribution is -2.04. The second-order valence-electron chi connectivity index (χ2n) is 2.54. The molecule has 0 saturated heterocycles. The Balaban J connectivity index is 2.21. The molecule has 0 aromatic carbocycles. The molecule has 0 amide bonds. The molecule has 78 valence electrons. The van der Waals surface area contributed by atoms with E-state index in [0.29, 0.717) is 17.4 Å². The average molecular weight is 225 g/mol. The van der Waals surface area contributed by atoms with E-state index in [4.69, 9.17) is 9.26 Å². The molecule has 2 aromatic rings. The number of nitrogens with zero attached hydrogens (tertiary/aromatic N) is 3. The molecule has 0 unspecified atom stereocenters. The topological polar surface area (TPSA) is 78.1 Å². The number of carbonyl (C=O) groups is 1. The summed E-state index contributed by atoms with van der Waals surface area (Å²) in [4.78, 5) is 11.3. The van der Waals surface area contributed by atoms with Crippen LogP contribution in [0.15, 0.2) is 16.1 Å². The predicted octanol–water partition coefficient (Wildman–Crippen LogP) is 1.37. The van der Waals surface area contributed by atoms with Crippen LogP contribution in [0.1, 0.15) is 17.4 Å². The number of ether oxygens (including phenoxy) is 1. The van der Waals surface area contributed by atoms with Crippen LogP contribution in [0.25, 0.3) is 10.8 Å². The molecule has 0 aliphatic carbocycles. The van der Waals surface area contributed by atoms with Crippen LogP contribution in [0, 0.1) is 0 Å². The molecular weight excluding hydrogens is 218 g/mol. The first-order valence-corrected chi connectivity index (χ1v) is 5.09. The van der Waals surface area contributed by atoms with Crippen LogP contribution in [0.2, 0.25) is 0 Å². The molecule has 0 aliphatic heterocycles. The van der Waals surface area contributed by atoms with Crippen LogP contribution in [0.4, 0.5) is 0 Å². The van der Waals surface area contributed by atoms with E-state index in [-0.39, 0.29) is 5.69 Å². The number of hydrogen-bond donors (Lipinski definition) is 0. The van der Waals surface area contributed by atoms with Crippen molar-refractivity contribution in [2.75, 3.05) is 6.61 Å². The fourth-order valence-electron chi connectivity index (χ4n) is 0.958. The Hall–Kier alpha value is -1.76. The van der Waals surface area contributed by atoms with E-state index in [1.165, 1.54) is 17.4 Å². The molecule has 0 saturated carbocycles. The number of carbonyl (C=O) groups excluding carboxylic acids is 1. The average Bonchev–Trinajstić information content (AvgIpc) is 2.89. The van der Waals surface area contributed by atoms with E-state index in [1.807, 2.05) is 0 Å². The summed E-state index contributed by atoms with van der Waals surface area (Å²) in [6, 6.07) is 1.48. The SMILES string of the molecule is CCOC(=O)c1cc(-c2nncs2)on1. The fourth-order valence-corrected chi connectivity index (χ4v) is 1.46. The van der Waals surface area contributed by atoms with E-state index in [0.717, 1.165) is 0 Å². The van der Waals surface area contributed by atoms with Gasteiger partial charge < -0.3 is 9.26 Å². The summed E-state index contributed by atoms with van der Waals surface area (Å²) in [6.45, 7) is 2.03. The molecule has 0 bridgehead atoms. The quantitative estimate of drug-likeness (QED) is 0.734. The standard InChI is InChI=1S/C8H7N3O3S/c1-2-13-8(12)5-3-6(14-11-5)7-10-9-4-15-7/h3-4H,2H2,1H3. The van der Waals surface area contributed by atoms with Gasteiger partial charge in [0.2, 0.25) is 0 Å². The predicted molar refractivity (Wildman–Crippen MR) is 51.4 cm³/mol. The Labute approximate surface area is 88.9 Å². The first kappa shape index (κ1) is 9.78. The van der Waals surface area contributed by atoms with Gasteiger partial charge in [-0.2, -0.15) is 0 Å². The second kappa shape index (κ2) is 4.18. The monoisotopic (exact) mass is 225 g/mol. The van der Waals surface area contributed by atoms with Gasteiger partial charge in [-0.05, 0) is 6.92 Å². The summed E-state index contributed by atoms with van der Waals surface area (Å²) in [5, 5.41) is 11.6. The van der Waals surface area contributed by atoms with Crippen molar-refractivity contribution in [3.63, 3.8) is 0 Å². The van der Waals surface area contributed by atoms with Crippen molar-refractivity contribution in [1.82, 2.24) is 15.4 Å². The maximum atomic E-state index is 11.3. The Morgan fingerprint density at radius 3 is 3.20 bits per heavy atom. The van der Waals surface area contributed by atoms with Crippen molar-refractivity contribution in [2.24, 2.45) is 0 Å².